The number of nitrogens with one attached hydrogen (secondary N) is 1. The van der Waals surface area contributed by atoms with Gasteiger partial charge in [-0.05, 0) is 31.2 Å². The van der Waals surface area contributed by atoms with Gasteiger partial charge in [0.1, 0.15) is 0 Å². The van der Waals surface area contributed by atoms with Crippen molar-refractivity contribution < 1.29 is 14.3 Å². The van der Waals surface area contributed by atoms with Gasteiger partial charge in [0, 0.05) is 33.3 Å². The van der Waals surface area contributed by atoms with Gasteiger partial charge in [0.05, 0.1) is 5.56 Å². The van der Waals surface area contributed by atoms with Crippen LogP contribution in [0.15, 0.2) is 103 Å². The zero-order chi connectivity index (χ0) is 22.4. The molecule has 0 bridgehead atoms. The number of ether oxygens (including phenoxy) is 2. The Balaban J connectivity index is 1.43. The molecule has 2 heterocycles. The zero-order valence-corrected chi connectivity index (χ0v) is 18.0. The molecule has 0 saturated carbocycles. The van der Waals surface area contributed by atoms with Gasteiger partial charge in [0.2, 0.25) is 0 Å². The van der Waals surface area contributed by atoms with E-state index in [0.29, 0.717) is 22.6 Å². The molecule has 0 atom stereocenters. The highest BCUT2D eigenvalue weighted by Gasteiger charge is 2.45. The van der Waals surface area contributed by atoms with Crippen LogP contribution in [-0.2, 0) is 5.79 Å². The average molecular weight is 431 g/mol. The van der Waals surface area contributed by atoms with Crippen molar-refractivity contribution in [2.24, 2.45) is 0 Å². The number of carbonyl (C=O) groups is 1. The van der Waals surface area contributed by atoms with Crippen molar-refractivity contribution >= 4 is 16.7 Å². The molecule has 1 aliphatic heterocycles. The third-order valence-electron chi connectivity index (χ3n) is 6.14. The van der Waals surface area contributed by atoms with E-state index in [4.69, 9.17) is 9.47 Å². The minimum Gasteiger partial charge on any atom is -0.440 e. The third kappa shape index (κ3) is 3.03. The lowest BCUT2D eigenvalue weighted by Crippen LogP contribution is -2.36. The van der Waals surface area contributed by atoms with Gasteiger partial charge in [-0.1, -0.05) is 78.9 Å². The summed E-state index contributed by atoms with van der Waals surface area (Å²) in [6.45, 7) is 1.93. The van der Waals surface area contributed by atoms with Gasteiger partial charge in [-0.2, -0.15) is 0 Å². The normalized spacial score (nSPS) is 13.8. The van der Waals surface area contributed by atoms with Crippen molar-refractivity contribution in [3.05, 3.63) is 131 Å². The molecule has 5 aromatic rings. The number of hydrogen-bond acceptors (Lipinski definition) is 3. The Hall–Kier alpha value is -4.31. The van der Waals surface area contributed by atoms with Crippen LogP contribution < -0.4 is 9.47 Å². The Kier molecular flexibility index (Phi) is 4.34. The Labute approximate surface area is 191 Å². The van der Waals surface area contributed by atoms with E-state index >= 15 is 0 Å². The second-order valence-electron chi connectivity index (χ2n) is 8.21. The molecule has 160 valence electrons. The van der Waals surface area contributed by atoms with Gasteiger partial charge >= 0.3 is 5.79 Å². The van der Waals surface area contributed by atoms with Crippen molar-refractivity contribution in [3.63, 3.8) is 0 Å². The van der Waals surface area contributed by atoms with E-state index in [-0.39, 0.29) is 5.78 Å². The Morgan fingerprint density at radius 2 is 1.33 bits per heavy atom. The summed E-state index contributed by atoms with van der Waals surface area (Å²) in [5, 5.41) is 0.917. The van der Waals surface area contributed by atoms with Gasteiger partial charge in [-0.15, -0.1) is 0 Å². The molecule has 0 fully saturated rings. The smallest absolute Gasteiger partial charge is 0.305 e. The van der Waals surface area contributed by atoms with Crippen molar-refractivity contribution in [3.8, 4) is 11.5 Å². The lowest BCUT2D eigenvalue weighted by Gasteiger charge is -2.28. The maximum atomic E-state index is 13.5. The van der Waals surface area contributed by atoms with E-state index in [2.05, 4.69) is 4.98 Å². The quantitative estimate of drug-likeness (QED) is 0.336. The fourth-order valence-electron chi connectivity index (χ4n) is 4.57. The standard InChI is InChI=1S/C29H21NO3/c1-19-27(23-14-8-9-15-24(23)30-19)28(31)20-16-17-25-26(18-20)33-29(32-25,21-10-4-2-5-11-21)22-12-6-3-7-13-22/h2-18,30H,1H3. The van der Waals surface area contributed by atoms with Crippen LogP contribution in [-0.4, -0.2) is 10.8 Å². The van der Waals surface area contributed by atoms with E-state index in [1.807, 2.05) is 97.9 Å². The highest BCUT2D eigenvalue weighted by Crippen LogP contribution is 2.48. The Morgan fingerprint density at radius 1 is 0.727 bits per heavy atom. The molecule has 4 nitrogen and oxygen atoms in total. The summed E-state index contributed by atoms with van der Waals surface area (Å²) >= 11 is 0. The maximum absolute atomic E-state index is 13.5. The summed E-state index contributed by atoms with van der Waals surface area (Å²) in [5.41, 5.74) is 4.80. The van der Waals surface area contributed by atoms with Crippen LogP contribution in [0, 0.1) is 6.92 Å². The molecule has 1 aromatic heterocycles. The number of aromatic amines is 1. The number of ketones is 1. The second kappa shape index (κ2) is 7.38. The predicted molar refractivity (Wildman–Crippen MR) is 128 cm³/mol. The van der Waals surface area contributed by atoms with Gasteiger partial charge < -0.3 is 14.5 Å². The first kappa shape index (κ1) is 19.4. The number of fused-ring (bicyclic) bond motifs is 2. The maximum Gasteiger partial charge on any atom is 0.305 e. The first-order chi connectivity index (χ1) is 16.2. The van der Waals surface area contributed by atoms with Crippen LogP contribution in [0.4, 0.5) is 0 Å². The first-order valence-electron chi connectivity index (χ1n) is 10.9. The monoisotopic (exact) mass is 431 g/mol. The second-order valence-corrected chi connectivity index (χ2v) is 8.21. The molecule has 0 spiro atoms. The highest BCUT2D eigenvalue weighted by atomic mass is 16.7. The third-order valence-corrected chi connectivity index (χ3v) is 6.14. The van der Waals surface area contributed by atoms with E-state index in [1.165, 1.54) is 0 Å². The molecule has 33 heavy (non-hydrogen) atoms. The number of aryl methyl sites for hydroxylation is 1. The van der Waals surface area contributed by atoms with E-state index < -0.39 is 5.79 Å². The van der Waals surface area contributed by atoms with Crippen LogP contribution in [0.3, 0.4) is 0 Å². The summed E-state index contributed by atoms with van der Waals surface area (Å²) < 4.78 is 13.0. The summed E-state index contributed by atoms with van der Waals surface area (Å²) in [6.07, 6.45) is 0. The Bertz CT molecular complexity index is 1450. The molecule has 6 rings (SSSR count). The topological polar surface area (TPSA) is 51.3 Å². The number of hydrogen-bond donors (Lipinski definition) is 1. The van der Waals surface area contributed by atoms with Crippen molar-refractivity contribution in [2.75, 3.05) is 0 Å². The Morgan fingerprint density at radius 3 is 2.03 bits per heavy atom. The summed E-state index contributed by atoms with van der Waals surface area (Å²) in [4.78, 5) is 16.8. The fourth-order valence-corrected chi connectivity index (χ4v) is 4.57. The van der Waals surface area contributed by atoms with Crippen LogP contribution in [0.25, 0.3) is 10.9 Å². The van der Waals surface area contributed by atoms with E-state index in [9.17, 15) is 4.79 Å². The molecule has 0 saturated heterocycles. The predicted octanol–water partition coefficient (Wildman–Crippen LogP) is 6.38. The minimum atomic E-state index is -1.11. The van der Waals surface area contributed by atoms with Gasteiger partial charge in [-0.25, -0.2) is 0 Å². The molecule has 0 amide bonds. The molecule has 0 aliphatic carbocycles. The molecule has 0 unspecified atom stereocenters. The molecule has 4 aromatic carbocycles. The minimum absolute atomic E-state index is 0.0479. The fraction of sp³-hybridized carbons (Fsp3) is 0.0690. The number of rotatable bonds is 4. The molecule has 4 heteroatoms. The summed E-state index contributed by atoms with van der Waals surface area (Å²) in [6, 6.07) is 33.0. The SMILES string of the molecule is Cc1[nH]c2ccccc2c1C(=O)c1ccc2c(c1)OC(c1ccccc1)(c1ccccc1)O2. The van der Waals surface area contributed by atoms with Crippen LogP contribution in [0.1, 0.15) is 32.7 Å². The molecule has 1 N–H and O–H groups in total. The number of carbonyl (C=O) groups excluding carboxylic acids is 1. The van der Waals surface area contributed by atoms with Crippen LogP contribution in [0.2, 0.25) is 0 Å². The number of para-hydroxylation sites is 1. The van der Waals surface area contributed by atoms with Crippen molar-refractivity contribution in [2.45, 2.75) is 12.7 Å². The van der Waals surface area contributed by atoms with Crippen molar-refractivity contribution in [1.82, 2.24) is 4.98 Å². The number of aromatic nitrogens is 1. The number of H-pyrrole nitrogens is 1. The largest absolute Gasteiger partial charge is 0.440 e. The summed E-state index contributed by atoms with van der Waals surface area (Å²) in [7, 11) is 0. The molecular formula is C29H21NO3. The van der Waals surface area contributed by atoms with Gasteiger partial charge in [0.15, 0.2) is 17.3 Å². The zero-order valence-electron chi connectivity index (χ0n) is 18.0. The number of benzene rings is 4. The van der Waals surface area contributed by atoms with E-state index in [0.717, 1.165) is 27.7 Å². The van der Waals surface area contributed by atoms with Crippen LogP contribution >= 0.6 is 0 Å². The molecule has 1 aliphatic rings. The van der Waals surface area contributed by atoms with Crippen LogP contribution in [0.5, 0.6) is 11.5 Å². The average Bonchev–Trinajstić information content (AvgIpc) is 3.42. The van der Waals surface area contributed by atoms with Gasteiger partial charge in [-0.3, -0.25) is 4.79 Å². The lowest BCUT2D eigenvalue weighted by molar-refractivity contribution is -0.0459. The van der Waals surface area contributed by atoms with E-state index in [1.54, 1.807) is 12.1 Å². The highest BCUT2D eigenvalue weighted by molar-refractivity contribution is 6.17. The molecular weight excluding hydrogens is 410 g/mol. The summed E-state index contributed by atoms with van der Waals surface area (Å²) in [5.74, 6) is -0.00215. The molecule has 0 radical (unpaired) electrons. The van der Waals surface area contributed by atoms with Crippen molar-refractivity contribution in [1.29, 1.82) is 0 Å². The first-order valence-corrected chi connectivity index (χ1v) is 10.9. The van der Waals surface area contributed by atoms with Gasteiger partial charge in [0.25, 0.3) is 0 Å². The lowest BCUT2D eigenvalue weighted by atomic mass is 9.97.